The number of rotatable bonds is 7. The molecular weight excluding hydrogens is 359 g/mol. The molecule has 0 aromatic heterocycles. The van der Waals surface area contributed by atoms with Gasteiger partial charge in [0, 0.05) is 3.57 Å². The van der Waals surface area contributed by atoms with Gasteiger partial charge in [0.1, 0.15) is 6.61 Å². The van der Waals surface area contributed by atoms with E-state index in [1.807, 2.05) is 30.3 Å². The van der Waals surface area contributed by atoms with E-state index in [1.165, 1.54) is 9.13 Å². The van der Waals surface area contributed by atoms with Crippen molar-refractivity contribution in [1.29, 1.82) is 0 Å². The van der Waals surface area contributed by atoms with E-state index in [2.05, 4.69) is 27.3 Å². The van der Waals surface area contributed by atoms with E-state index < -0.39 is 6.16 Å². The van der Waals surface area contributed by atoms with Crippen LogP contribution in [0, 0.1) is 3.57 Å². The van der Waals surface area contributed by atoms with Gasteiger partial charge in [0.15, 0.2) is 0 Å². The summed E-state index contributed by atoms with van der Waals surface area (Å²) in [5, 5.41) is 0. The zero-order chi connectivity index (χ0) is 13.9. The number of carbonyl (C=O) groups is 1. The smallest absolute Gasteiger partial charge is 0.435 e. The summed E-state index contributed by atoms with van der Waals surface area (Å²) in [6.45, 7) is 3.31. The summed E-state index contributed by atoms with van der Waals surface area (Å²) in [4.78, 5) is 10.8. The third-order valence-corrected chi connectivity index (χ3v) is 3.21. The van der Waals surface area contributed by atoms with Crippen molar-refractivity contribution in [1.82, 2.24) is 0 Å². The molecule has 0 spiro atoms. The Bertz CT molecular complexity index is 418. The minimum Gasteiger partial charge on any atom is -0.435 e. The summed E-state index contributed by atoms with van der Waals surface area (Å²) in [5.74, 6) is 0. The van der Waals surface area contributed by atoms with Crippen LogP contribution in [0.2, 0.25) is 0 Å². The molecule has 0 aliphatic heterocycles. The molecule has 1 rings (SSSR count). The Labute approximate surface area is 126 Å². The van der Waals surface area contributed by atoms with Gasteiger partial charge in [0.2, 0.25) is 0 Å². The van der Waals surface area contributed by atoms with Crippen molar-refractivity contribution in [3.05, 3.63) is 45.6 Å². The molecule has 0 N–H and O–H groups in total. The van der Waals surface area contributed by atoms with E-state index in [0.717, 1.165) is 0 Å². The summed E-state index contributed by atoms with van der Waals surface area (Å²) in [6, 6.07) is 8.07. The van der Waals surface area contributed by atoms with Crippen molar-refractivity contribution < 1.29 is 19.0 Å². The normalized spacial score (nSPS) is 10.6. The predicted molar refractivity (Wildman–Crippen MR) is 80.9 cm³/mol. The Kier molecular flexibility index (Phi) is 8.24. The highest BCUT2D eigenvalue weighted by molar-refractivity contribution is 14.1. The largest absolute Gasteiger partial charge is 0.508 e. The minimum atomic E-state index is -0.646. The second kappa shape index (κ2) is 9.80. The van der Waals surface area contributed by atoms with E-state index in [1.54, 1.807) is 13.0 Å². The first-order valence-corrected chi connectivity index (χ1v) is 7.07. The second-order valence-corrected chi connectivity index (χ2v) is 4.73. The van der Waals surface area contributed by atoms with Gasteiger partial charge in [0.25, 0.3) is 0 Å². The van der Waals surface area contributed by atoms with Crippen molar-refractivity contribution in [2.24, 2.45) is 0 Å². The minimum absolute atomic E-state index is 0.199. The molecule has 0 atom stereocenters. The van der Waals surface area contributed by atoms with Crippen molar-refractivity contribution in [3.8, 4) is 0 Å². The van der Waals surface area contributed by atoms with Crippen LogP contribution in [0.25, 0.3) is 0 Å². The maximum Gasteiger partial charge on any atom is 0.508 e. The lowest BCUT2D eigenvalue weighted by Gasteiger charge is -2.04. The fourth-order valence-electron chi connectivity index (χ4n) is 1.26. The zero-order valence-corrected chi connectivity index (χ0v) is 13.0. The molecule has 19 heavy (non-hydrogen) atoms. The lowest BCUT2D eigenvalue weighted by atomic mass is 10.2. The van der Waals surface area contributed by atoms with Gasteiger partial charge < -0.3 is 14.2 Å². The van der Waals surface area contributed by atoms with E-state index in [0.29, 0.717) is 19.8 Å². The highest BCUT2D eigenvalue weighted by atomic mass is 127. The Hall–Kier alpha value is -1.08. The van der Waals surface area contributed by atoms with Crippen LogP contribution in [-0.2, 0) is 20.8 Å². The quantitative estimate of drug-likeness (QED) is 0.316. The average Bonchev–Trinajstić information content (AvgIpc) is 2.40. The molecule has 0 fully saturated rings. The number of hydrogen-bond acceptors (Lipinski definition) is 4. The fourth-order valence-corrected chi connectivity index (χ4v) is 1.81. The second-order valence-electron chi connectivity index (χ2n) is 3.57. The molecule has 0 unspecified atom stereocenters. The van der Waals surface area contributed by atoms with Gasteiger partial charge in [-0.3, -0.25) is 0 Å². The van der Waals surface area contributed by atoms with Gasteiger partial charge in [-0.25, -0.2) is 4.79 Å². The van der Waals surface area contributed by atoms with E-state index >= 15 is 0 Å². The summed E-state index contributed by atoms with van der Waals surface area (Å²) >= 11 is 2.28. The van der Waals surface area contributed by atoms with Crippen LogP contribution in [0.5, 0.6) is 0 Å². The molecule has 0 saturated carbocycles. The molecular formula is C14H17IO4. The highest BCUT2D eigenvalue weighted by Gasteiger charge is 1.98. The van der Waals surface area contributed by atoms with Crippen LogP contribution in [0.1, 0.15) is 12.5 Å². The van der Waals surface area contributed by atoms with Gasteiger partial charge in [-0.15, -0.1) is 0 Å². The van der Waals surface area contributed by atoms with Crippen molar-refractivity contribution in [2.75, 3.05) is 19.8 Å². The molecule has 0 aliphatic rings. The Morgan fingerprint density at radius 2 is 1.95 bits per heavy atom. The lowest BCUT2D eigenvalue weighted by molar-refractivity contribution is 0.0671. The zero-order valence-electron chi connectivity index (χ0n) is 10.8. The van der Waals surface area contributed by atoms with Gasteiger partial charge in [0.05, 0.1) is 19.8 Å². The SMILES string of the molecule is CCOC(=O)OC/C=C\COCc1ccccc1I. The van der Waals surface area contributed by atoms with Gasteiger partial charge in [-0.2, -0.15) is 0 Å². The topological polar surface area (TPSA) is 44.8 Å². The molecule has 4 nitrogen and oxygen atoms in total. The van der Waals surface area contributed by atoms with Gasteiger partial charge in [-0.1, -0.05) is 24.3 Å². The van der Waals surface area contributed by atoms with Crippen molar-refractivity contribution in [3.63, 3.8) is 0 Å². The predicted octanol–water partition coefficient (Wildman–Crippen LogP) is 3.54. The summed E-state index contributed by atoms with van der Waals surface area (Å²) in [7, 11) is 0. The van der Waals surface area contributed by atoms with Gasteiger partial charge in [-0.05, 0) is 47.2 Å². The van der Waals surface area contributed by atoms with E-state index in [9.17, 15) is 4.79 Å². The standard InChI is InChI=1S/C14H17IO4/c1-2-18-14(16)19-10-6-5-9-17-11-12-7-3-4-8-13(12)15/h3-8H,2,9-11H2,1H3/b6-5-. The molecule has 0 heterocycles. The van der Waals surface area contributed by atoms with Gasteiger partial charge >= 0.3 is 6.16 Å². The van der Waals surface area contributed by atoms with Crippen LogP contribution in [0.4, 0.5) is 4.79 Å². The number of ether oxygens (including phenoxy) is 3. The molecule has 1 aromatic carbocycles. The molecule has 0 amide bonds. The molecule has 5 heteroatoms. The summed E-state index contributed by atoms with van der Waals surface area (Å²) < 4.78 is 16.1. The van der Waals surface area contributed by atoms with Crippen LogP contribution >= 0.6 is 22.6 Å². The highest BCUT2D eigenvalue weighted by Crippen LogP contribution is 2.12. The Morgan fingerprint density at radius 1 is 1.21 bits per heavy atom. The Morgan fingerprint density at radius 3 is 2.68 bits per heavy atom. The van der Waals surface area contributed by atoms with Crippen molar-refractivity contribution >= 4 is 28.7 Å². The summed E-state index contributed by atoms with van der Waals surface area (Å²) in [5.41, 5.74) is 1.17. The first-order chi connectivity index (χ1) is 9.24. The molecule has 0 radical (unpaired) electrons. The Balaban J connectivity index is 2.11. The number of hydrogen-bond donors (Lipinski definition) is 0. The third kappa shape index (κ3) is 7.17. The molecule has 0 bridgehead atoms. The fraction of sp³-hybridized carbons (Fsp3) is 0.357. The number of benzene rings is 1. The van der Waals surface area contributed by atoms with Crippen molar-refractivity contribution in [2.45, 2.75) is 13.5 Å². The molecule has 104 valence electrons. The maximum absolute atomic E-state index is 10.8. The molecule has 1 aromatic rings. The summed E-state index contributed by atoms with van der Waals surface area (Å²) in [6.07, 6.45) is 2.90. The maximum atomic E-state index is 10.8. The number of carbonyl (C=O) groups excluding carboxylic acids is 1. The van der Waals surface area contributed by atoms with Crippen LogP contribution in [0.3, 0.4) is 0 Å². The lowest BCUT2D eigenvalue weighted by Crippen LogP contribution is -2.06. The molecule has 0 saturated heterocycles. The van der Waals surface area contributed by atoms with Crippen LogP contribution < -0.4 is 0 Å². The average molecular weight is 376 g/mol. The first-order valence-electron chi connectivity index (χ1n) is 5.99. The third-order valence-electron chi connectivity index (χ3n) is 2.16. The van der Waals surface area contributed by atoms with E-state index in [4.69, 9.17) is 9.47 Å². The molecule has 0 aliphatic carbocycles. The van der Waals surface area contributed by atoms with Crippen LogP contribution in [0.15, 0.2) is 36.4 Å². The van der Waals surface area contributed by atoms with E-state index in [-0.39, 0.29) is 6.61 Å². The van der Waals surface area contributed by atoms with Crippen LogP contribution in [-0.4, -0.2) is 26.0 Å². The number of halogens is 1. The first kappa shape index (κ1) is 16.0. The monoisotopic (exact) mass is 376 g/mol.